The number of sulfonamides is 1. The molecule has 1 aromatic carbocycles. The van der Waals surface area contributed by atoms with Crippen LogP contribution in [0.5, 0.6) is 0 Å². The normalized spacial score (nSPS) is 16.2. The van der Waals surface area contributed by atoms with Gasteiger partial charge in [-0.25, -0.2) is 8.42 Å². The predicted molar refractivity (Wildman–Crippen MR) is 116 cm³/mol. The first-order valence-corrected chi connectivity index (χ1v) is 12.0. The maximum Gasteiger partial charge on any atom is 0.243 e. The molecular formula is C22H31N3O4S. The second-order valence-electron chi connectivity index (χ2n) is 7.45. The van der Waals surface area contributed by atoms with Crippen molar-refractivity contribution in [2.45, 2.75) is 37.6 Å². The van der Waals surface area contributed by atoms with Gasteiger partial charge in [0.1, 0.15) is 5.76 Å². The summed E-state index contributed by atoms with van der Waals surface area (Å²) in [5, 5.41) is 3.22. The molecule has 2 aromatic rings. The van der Waals surface area contributed by atoms with E-state index in [1.807, 2.05) is 12.1 Å². The summed E-state index contributed by atoms with van der Waals surface area (Å²) in [7, 11) is -3.53. The standard InChI is InChI=1S/C22H31N3O4S/c1-3-24(4-2)20(22-11-8-14-29-22)16-23-17-21(26)18-9-7-10-19(15-18)30(27,28)25-12-5-6-13-25/h7-11,14-15,20,23H,3-6,12-13,16-17H2,1-2H3. The van der Waals surface area contributed by atoms with Crippen LogP contribution in [0.1, 0.15) is 48.8 Å². The Morgan fingerprint density at radius 2 is 1.90 bits per heavy atom. The fraction of sp³-hybridized carbons (Fsp3) is 0.500. The Labute approximate surface area is 179 Å². The Bertz CT molecular complexity index is 918. The number of hydrogen-bond acceptors (Lipinski definition) is 6. The Morgan fingerprint density at radius 3 is 2.53 bits per heavy atom. The van der Waals surface area contributed by atoms with Gasteiger partial charge >= 0.3 is 0 Å². The molecule has 164 valence electrons. The molecule has 1 aromatic heterocycles. The van der Waals surface area contributed by atoms with Crippen molar-refractivity contribution in [1.82, 2.24) is 14.5 Å². The van der Waals surface area contributed by atoms with Crippen LogP contribution < -0.4 is 5.32 Å². The average Bonchev–Trinajstić information content (AvgIpc) is 3.48. The van der Waals surface area contributed by atoms with Gasteiger partial charge in [-0.3, -0.25) is 9.69 Å². The van der Waals surface area contributed by atoms with Crippen LogP contribution in [0.15, 0.2) is 52.0 Å². The molecule has 0 saturated carbocycles. The number of Topliss-reactive ketones (excluding diaryl/α,β-unsaturated/α-hetero) is 1. The van der Waals surface area contributed by atoms with E-state index >= 15 is 0 Å². The lowest BCUT2D eigenvalue weighted by Crippen LogP contribution is -2.37. The number of likely N-dealkylation sites (N-methyl/N-ethyl adjacent to an activating group) is 1. The monoisotopic (exact) mass is 433 g/mol. The second-order valence-corrected chi connectivity index (χ2v) is 9.38. The third-order valence-electron chi connectivity index (χ3n) is 5.61. The molecule has 30 heavy (non-hydrogen) atoms. The number of rotatable bonds is 11. The van der Waals surface area contributed by atoms with E-state index in [9.17, 15) is 13.2 Å². The fourth-order valence-electron chi connectivity index (χ4n) is 3.89. The summed E-state index contributed by atoms with van der Waals surface area (Å²) >= 11 is 0. The van der Waals surface area contributed by atoms with Crippen LogP contribution in [0.4, 0.5) is 0 Å². The lowest BCUT2D eigenvalue weighted by atomic mass is 10.1. The molecule has 0 radical (unpaired) electrons. The molecule has 1 aliphatic heterocycles. The Kier molecular flexibility index (Phi) is 7.82. The molecule has 3 rings (SSSR count). The van der Waals surface area contributed by atoms with Gasteiger partial charge in [-0.2, -0.15) is 4.31 Å². The topological polar surface area (TPSA) is 82.9 Å². The second kappa shape index (κ2) is 10.3. The number of ketones is 1. The quantitative estimate of drug-likeness (QED) is 0.549. The van der Waals surface area contributed by atoms with Crippen LogP contribution in [0.3, 0.4) is 0 Å². The van der Waals surface area contributed by atoms with Gasteiger partial charge in [0.05, 0.1) is 23.7 Å². The van der Waals surface area contributed by atoms with Gasteiger partial charge in [0, 0.05) is 25.2 Å². The van der Waals surface area contributed by atoms with Crippen molar-refractivity contribution < 1.29 is 17.6 Å². The number of benzene rings is 1. The molecule has 1 saturated heterocycles. The van der Waals surface area contributed by atoms with Crippen molar-refractivity contribution in [2.24, 2.45) is 0 Å². The lowest BCUT2D eigenvalue weighted by molar-refractivity contribution is 0.0985. The van der Waals surface area contributed by atoms with Gasteiger partial charge in [0.25, 0.3) is 0 Å². The van der Waals surface area contributed by atoms with Gasteiger partial charge in [-0.15, -0.1) is 0 Å². The number of carbonyl (C=O) groups is 1. The van der Waals surface area contributed by atoms with E-state index in [-0.39, 0.29) is 23.3 Å². The van der Waals surface area contributed by atoms with Crippen LogP contribution in [0, 0.1) is 0 Å². The summed E-state index contributed by atoms with van der Waals surface area (Å²) in [6.07, 6.45) is 3.42. The summed E-state index contributed by atoms with van der Waals surface area (Å²) in [5.41, 5.74) is 0.403. The van der Waals surface area contributed by atoms with E-state index in [1.54, 1.807) is 24.5 Å². The molecule has 7 nitrogen and oxygen atoms in total. The number of nitrogens with zero attached hydrogens (tertiary/aromatic N) is 2. The summed E-state index contributed by atoms with van der Waals surface area (Å²) in [5.74, 6) is 0.726. The highest BCUT2D eigenvalue weighted by atomic mass is 32.2. The smallest absolute Gasteiger partial charge is 0.243 e. The summed E-state index contributed by atoms with van der Waals surface area (Å²) < 4.78 is 32.6. The van der Waals surface area contributed by atoms with E-state index < -0.39 is 10.0 Å². The number of hydrogen-bond donors (Lipinski definition) is 1. The van der Waals surface area contributed by atoms with E-state index in [1.165, 1.54) is 10.4 Å². The molecule has 1 fully saturated rings. The first kappa shape index (κ1) is 22.7. The van der Waals surface area contributed by atoms with Gasteiger partial charge < -0.3 is 9.73 Å². The van der Waals surface area contributed by atoms with E-state index in [4.69, 9.17) is 4.42 Å². The van der Waals surface area contributed by atoms with Crippen molar-refractivity contribution in [3.05, 3.63) is 54.0 Å². The van der Waals surface area contributed by atoms with Crippen LogP contribution in [-0.2, 0) is 10.0 Å². The minimum atomic E-state index is -3.53. The minimum absolute atomic E-state index is 0.0321. The van der Waals surface area contributed by atoms with Crippen molar-refractivity contribution in [3.63, 3.8) is 0 Å². The molecule has 0 spiro atoms. The van der Waals surface area contributed by atoms with Crippen LogP contribution in [0.25, 0.3) is 0 Å². The minimum Gasteiger partial charge on any atom is -0.468 e. The van der Waals surface area contributed by atoms with Crippen LogP contribution in [-0.4, -0.2) is 62.7 Å². The summed E-state index contributed by atoms with van der Waals surface area (Å²) in [6.45, 7) is 7.71. The zero-order valence-electron chi connectivity index (χ0n) is 17.7. The third-order valence-corrected chi connectivity index (χ3v) is 7.50. The Balaban J connectivity index is 1.64. The summed E-state index contributed by atoms with van der Waals surface area (Å²) in [4.78, 5) is 15.2. The molecule has 0 bridgehead atoms. The van der Waals surface area contributed by atoms with E-state index in [0.717, 1.165) is 31.7 Å². The third kappa shape index (κ3) is 5.18. The maximum atomic E-state index is 12.8. The molecule has 1 unspecified atom stereocenters. The molecule has 0 amide bonds. The molecule has 1 atom stereocenters. The molecule has 1 N–H and O–H groups in total. The average molecular weight is 434 g/mol. The first-order chi connectivity index (χ1) is 14.5. The zero-order chi connectivity index (χ0) is 21.6. The highest BCUT2D eigenvalue weighted by Gasteiger charge is 2.27. The lowest BCUT2D eigenvalue weighted by Gasteiger charge is -2.28. The Morgan fingerprint density at radius 1 is 1.17 bits per heavy atom. The number of carbonyl (C=O) groups excluding carboxylic acids is 1. The molecule has 8 heteroatoms. The van der Waals surface area contributed by atoms with Crippen molar-refractivity contribution in [1.29, 1.82) is 0 Å². The van der Waals surface area contributed by atoms with Gasteiger partial charge in [-0.05, 0) is 50.2 Å². The van der Waals surface area contributed by atoms with Crippen LogP contribution >= 0.6 is 0 Å². The molecular weight excluding hydrogens is 402 g/mol. The van der Waals surface area contributed by atoms with E-state index in [2.05, 4.69) is 24.1 Å². The largest absolute Gasteiger partial charge is 0.468 e. The van der Waals surface area contributed by atoms with Gasteiger partial charge in [-0.1, -0.05) is 26.0 Å². The Hall–Kier alpha value is -2.00. The maximum absolute atomic E-state index is 12.8. The highest BCUT2D eigenvalue weighted by molar-refractivity contribution is 7.89. The summed E-state index contributed by atoms with van der Waals surface area (Å²) in [6, 6.07) is 10.2. The van der Waals surface area contributed by atoms with Crippen molar-refractivity contribution in [2.75, 3.05) is 39.3 Å². The molecule has 1 aliphatic rings. The predicted octanol–water partition coefficient (Wildman–Crippen LogP) is 2.92. The highest BCUT2D eigenvalue weighted by Crippen LogP contribution is 2.22. The number of nitrogens with one attached hydrogen (secondary N) is 1. The first-order valence-electron chi connectivity index (χ1n) is 10.6. The van der Waals surface area contributed by atoms with Gasteiger partial charge in [0.2, 0.25) is 10.0 Å². The van der Waals surface area contributed by atoms with E-state index in [0.29, 0.717) is 25.2 Å². The number of furan rings is 1. The zero-order valence-corrected chi connectivity index (χ0v) is 18.5. The van der Waals surface area contributed by atoms with Gasteiger partial charge in [0.15, 0.2) is 5.78 Å². The van der Waals surface area contributed by atoms with Crippen molar-refractivity contribution in [3.8, 4) is 0 Å². The SMILES string of the molecule is CCN(CC)C(CNCC(=O)c1cccc(S(=O)(=O)N2CCCC2)c1)c1ccco1. The molecule has 2 heterocycles. The molecule has 0 aliphatic carbocycles. The van der Waals surface area contributed by atoms with Crippen LogP contribution in [0.2, 0.25) is 0 Å². The fourth-order valence-corrected chi connectivity index (χ4v) is 5.45. The van der Waals surface area contributed by atoms with Crippen molar-refractivity contribution >= 4 is 15.8 Å².